The van der Waals surface area contributed by atoms with Gasteiger partial charge in [-0.3, -0.25) is 4.90 Å². The molecule has 0 radical (unpaired) electrons. The molecule has 1 saturated heterocycles. The van der Waals surface area contributed by atoms with E-state index in [1.165, 1.54) is 6.42 Å². The Hall–Kier alpha value is -1.26. The van der Waals surface area contributed by atoms with Gasteiger partial charge in [-0.2, -0.15) is 0 Å². The number of hydrogen-bond donors (Lipinski definition) is 1. The van der Waals surface area contributed by atoms with Crippen LogP contribution in [0.15, 0.2) is 24.3 Å². The van der Waals surface area contributed by atoms with Crippen molar-refractivity contribution >= 4 is 0 Å². The predicted octanol–water partition coefficient (Wildman–Crippen LogP) is 2.56. The van der Waals surface area contributed by atoms with Gasteiger partial charge in [0.25, 0.3) is 0 Å². The Labute approximate surface area is 127 Å². The van der Waals surface area contributed by atoms with Gasteiger partial charge in [0.05, 0.1) is 6.61 Å². The highest BCUT2D eigenvalue weighted by atomic mass is 16.5. The number of benzene rings is 1. The second-order valence-corrected chi connectivity index (χ2v) is 5.66. The number of hydrogen-bond acceptors (Lipinski definition) is 4. The van der Waals surface area contributed by atoms with Gasteiger partial charge in [-0.15, -0.1) is 0 Å². The fourth-order valence-corrected chi connectivity index (χ4v) is 2.65. The van der Waals surface area contributed by atoms with Gasteiger partial charge in [-0.05, 0) is 56.0 Å². The topological polar surface area (TPSA) is 41.9 Å². The lowest BCUT2D eigenvalue weighted by molar-refractivity contribution is 0.107. The minimum atomic E-state index is 0.302. The van der Waals surface area contributed by atoms with E-state index in [9.17, 15) is 5.11 Å². The van der Waals surface area contributed by atoms with Crippen molar-refractivity contribution in [3.8, 4) is 11.5 Å². The molecule has 1 aromatic carbocycles. The van der Waals surface area contributed by atoms with E-state index in [0.717, 1.165) is 50.6 Å². The minimum Gasteiger partial charge on any atom is -0.494 e. The number of ether oxygens (including phenoxy) is 2. The van der Waals surface area contributed by atoms with Crippen LogP contribution in [0.5, 0.6) is 11.5 Å². The number of nitrogens with zero attached hydrogens (tertiary/aromatic N) is 1. The summed E-state index contributed by atoms with van der Waals surface area (Å²) in [7, 11) is 0. The van der Waals surface area contributed by atoms with Gasteiger partial charge in [0.1, 0.15) is 18.1 Å². The molecule has 0 amide bonds. The summed E-state index contributed by atoms with van der Waals surface area (Å²) in [6.45, 7) is 6.86. The maximum absolute atomic E-state index is 9.23. The van der Waals surface area contributed by atoms with Crippen LogP contribution in [0.2, 0.25) is 0 Å². The van der Waals surface area contributed by atoms with Crippen LogP contribution in [0, 0.1) is 5.92 Å². The quantitative estimate of drug-likeness (QED) is 0.800. The molecule has 1 aromatic rings. The van der Waals surface area contributed by atoms with Gasteiger partial charge < -0.3 is 14.6 Å². The zero-order chi connectivity index (χ0) is 14.9. The van der Waals surface area contributed by atoms with Crippen molar-refractivity contribution < 1.29 is 14.6 Å². The largest absolute Gasteiger partial charge is 0.494 e. The summed E-state index contributed by atoms with van der Waals surface area (Å²) < 4.78 is 11.3. The van der Waals surface area contributed by atoms with Gasteiger partial charge in [0.2, 0.25) is 0 Å². The third-order valence-electron chi connectivity index (χ3n) is 3.83. The van der Waals surface area contributed by atoms with Crippen LogP contribution in [0.25, 0.3) is 0 Å². The maximum Gasteiger partial charge on any atom is 0.119 e. The normalized spacial score (nSPS) is 19.4. The first-order valence-corrected chi connectivity index (χ1v) is 8.00. The summed E-state index contributed by atoms with van der Waals surface area (Å²) in [4.78, 5) is 2.38. The first-order valence-electron chi connectivity index (χ1n) is 8.00. The summed E-state index contributed by atoms with van der Waals surface area (Å²) in [6.07, 6.45) is 3.34. The third-order valence-corrected chi connectivity index (χ3v) is 3.83. The number of piperidine rings is 1. The lowest BCUT2D eigenvalue weighted by atomic mass is 9.99. The van der Waals surface area contributed by atoms with Crippen LogP contribution in [-0.2, 0) is 0 Å². The molecule has 1 aliphatic heterocycles. The Morgan fingerprint density at radius 1 is 1.14 bits per heavy atom. The second-order valence-electron chi connectivity index (χ2n) is 5.66. The van der Waals surface area contributed by atoms with Crippen molar-refractivity contribution in [2.75, 3.05) is 39.5 Å². The van der Waals surface area contributed by atoms with E-state index in [-0.39, 0.29) is 0 Å². The Kier molecular flexibility index (Phi) is 6.83. The fraction of sp³-hybridized carbons (Fsp3) is 0.647. The van der Waals surface area contributed by atoms with E-state index in [1.54, 1.807) is 0 Å². The minimum absolute atomic E-state index is 0.302. The van der Waals surface area contributed by atoms with Crippen LogP contribution in [0.4, 0.5) is 0 Å². The molecule has 0 bridgehead atoms. The molecule has 1 aliphatic rings. The zero-order valence-electron chi connectivity index (χ0n) is 13.0. The monoisotopic (exact) mass is 293 g/mol. The third kappa shape index (κ3) is 5.56. The highest BCUT2D eigenvalue weighted by Gasteiger charge is 2.18. The summed E-state index contributed by atoms with van der Waals surface area (Å²) in [5, 5.41) is 9.23. The lowest BCUT2D eigenvalue weighted by Gasteiger charge is -2.31. The molecule has 1 fully saturated rings. The summed E-state index contributed by atoms with van der Waals surface area (Å²) >= 11 is 0. The molecule has 2 rings (SSSR count). The smallest absolute Gasteiger partial charge is 0.119 e. The van der Waals surface area contributed by atoms with E-state index in [1.807, 2.05) is 24.3 Å². The van der Waals surface area contributed by atoms with Crippen molar-refractivity contribution in [1.29, 1.82) is 0 Å². The number of aliphatic hydroxyl groups excluding tert-OH is 1. The van der Waals surface area contributed by atoms with Crippen molar-refractivity contribution in [3.63, 3.8) is 0 Å². The summed E-state index contributed by atoms with van der Waals surface area (Å²) in [6, 6.07) is 7.82. The Morgan fingerprint density at radius 2 is 1.81 bits per heavy atom. The van der Waals surface area contributed by atoms with Gasteiger partial charge in [0.15, 0.2) is 0 Å². The molecule has 1 unspecified atom stereocenters. The molecule has 0 spiro atoms. The molecule has 118 valence electrons. The van der Waals surface area contributed by atoms with Gasteiger partial charge in [-0.1, -0.05) is 6.92 Å². The molecule has 21 heavy (non-hydrogen) atoms. The predicted molar refractivity (Wildman–Crippen MR) is 84.0 cm³/mol. The second kappa shape index (κ2) is 8.90. The van der Waals surface area contributed by atoms with Crippen LogP contribution < -0.4 is 9.47 Å². The Morgan fingerprint density at radius 3 is 2.43 bits per heavy atom. The molecule has 0 saturated carbocycles. The molecule has 0 aliphatic carbocycles. The van der Waals surface area contributed by atoms with Crippen LogP contribution in [-0.4, -0.2) is 49.5 Å². The zero-order valence-corrected chi connectivity index (χ0v) is 13.0. The van der Waals surface area contributed by atoms with Crippen molar-refractivity contribution in [2.45, 2.75) is 26.2 Å². The van der Waals surface area contributed by atoms with Crippen molar-refractivity contribution in [2.24, 2.45) is 5.92 Å². The Bertz CT molecular complexity index is 394. The Balaban J connectivity index is 1.68. The molecule has 1 atom stereocenters. The molecular weight excluding hydrogens is 266 g/mol. The molecule has 4 nitrogen and oxygen atoms in total. The number of rotatable bonds is 8. The fourth-order valence-electron chi connectivity index (χ4n) is 2.65. The molecule has 1 N–H and O–H groups in total. The first kappa shape index (κ1) is 16.1. The van der Waals surface area contributed by atoms with Crippen molar-refractivity contribution in [1.82, 2.24) is 4.90 Å². The van der Waals surface area contributed by atoms with Gasteiger partial charge >= 0.3 is 0 Å². The van der Waals surface area contributed by atoms with Gasteiger partial charge in [-0.25, -0.2) is 0 Å². The number of likely N-dealkylation sites (tertiary alicyclic amines) is 1. The average molecular weight is 293 g/mol. The highest BCUT2D eigenvalue weighted by molar-refractivity contribution is 5.31. The van der Waals surface area contributed by atoms with Crippen LogP contribution >= 0.6 is 0 Å². The lowest BCUT2D eigenvalue weighted by Crippen LogP contribution is -2.39. The number of aliphatic hydroxyl groups is 1. The summed E-state index contributed by atoms with van der Waals surface area (Å²) in [5.74, 6) is 2.22. The standard InChI is InChI=1S/C17H27NO3/c1-2-11-20-16-5-7-17(8-6-16)21-12-10-18-9-3-4-15(13-18)14-19/h5-8,15,19H,2-4,9-14H2,1H3. The van der Waals surface area contributed by atoms with E-state index >= 15 is 0 Å². The van der Waals surface area contributed by atoms with Gasteiger partial charge in [0, 0.05) is 19.7 Å². The molecule has 1 heterocycles. The van der Waals surface area contributed by atoms with Crippen molar-refractivity contribution in [3.05, 3.63) is 24.3 Å². The van der Waals surface area contributed by atoms with E-state index in [0.29, 0.717) is 19.1 Å². The molecular formula is C17H27NO3. The van der Waals surface area contributed by atoms with Crippen LogP contribution in [0.3, 0.4) is 0 Å². The average Bonchev–Trinajstić information content (AvgIpc) is 2.54. The summed E-state index contributed by atoms with van der Waals surface area (Å²) in [5.41, 5.74) is 0. The van der Waals surface area contributed by atoms with Crippen LogP contribution in [0.1, 0.15) is 26.2 Å². The molecule has 4 heteroatoms. The van der Waals surface area contributed by atoms with E-state index in [4.69, 9.17) is 9.47 Å². The van der Waals surface area contributed by atoms with E-state index < -0.39 is 0 Å². The first-order chi connectivity index (χ1) is 10.3. The molecule has 0 aromatic heterocycles. The van der Waals surface area contributed by atoms with E-state index in [2.05, 4.69) is 11.8 Å². The highest BCUT2D eigenvalue weighted by Crippen LogP contribution is 2.18. The maximum atomic E-state index is 9.23. The SMILES string of the molecule is CCCOc1ccc(OCCN2CCCC(CO)C2)cc1.